The summed E-state index contributed by atoms with van der Waals surface area (Å²) in [6.07, 6.45) is 6.23. The number of hydrogen-bond donors (Lipinski definition) is 0. The quantitative estimate of drug-likeness (QED) is 0.678. The van der Waals surface area contributed by atoms with E-state index in [-0.39, 0.29) is 5.91 Å². The third-order valence-electron chi connectivity index (χ3n) is 4.92. The molecule has 1 fully saturated rings. The molecule has 1 aliphatic rings. The van der Waals surface area contributed by atoms with Crippen molar-refractivity contribution < 1.29 is 4.79 Å². The Labute approximate surface area is 157 Å². The topological polar surface area (TPSA) is 50.5 Å². The van der Waals surface area contributed by atoms with Crippen LogP contribution in [0.4, 0.5) is 0 Å². The molecule has 1 unspecified atom stereocenters. The number of carbonyl (C=O) groups excluding carboxylic acids is 1. The van der Waals surface area contributed by atoms with Crippen LogP contribution in [0.3, 0.4) is 0 Å². The first-order valence-corrected chi connectivity index (χ1v) is 9.39. The summed E-state index contributed by atoms with van der Waals surface area (Å²) in [6.45, 7) is 3.51. The summed E-state index contributed by atoms with van der Waals surface area (Å²) in [5.74, 6) is 0.674. The second-order valence-corrected chi connectivity index (χ2v) is 7.30. The molecular weight excluding hydrogens is 348 g/mol. The number of carbonyl (C=O) groups is 1. The molecule has 1 aliphatic heterocycles. The Morgan fingerprint density at radius 2 is 2.08 bits per heavy atom. The third-order valence-corrected chi connectivity index (χ3v) is 5.12. The molecule has 134 valence electrons. The summed E-state index contributed by atoms with van der Waals surface area (Å²) in [5.41, 5.74) is 3.59. The Morgan fingerprint density at radius 3 is 2.85 bits per heavy atom. The number of hydrogen-bond acceptors (Lipinski definition) is 3. The molecule has 1 saturated heterocycles. The van der Waals surface area contributed by atoms with Crippen LogP contribution in [0.15, 0.2) is 42.7 Å². The van der Waals surface area contributed by atoms with Crippen LogP contribution in [0.1, 0.15) is 31.7 Å². The van der Waals surface area contributed by atoms with Gasteiger partial charge in [0.05, 0.1) is 17.8 Å². The van der Waals surface area contributed by atoms with Crippen LogP contribution in [0.2, 0.25) is 5.02 Å². The summed E-state index contributed by atoms with van der Waals surface area (Å²) in [7, 11) is 0. The van der Waals surface area contributed by atoms with Gasteiger partial charge in [0.25, 0.3) is 0 Å². The van der Waals surface area contributed by atoms with Gasteiger partial charge in [-0.25, -0.2) is 9.50 Å². The second kappa shape index (κ2) is 7.08. The van der Waals surface area contributed by atoms with Crippen molar-refractivity contribution in [3.63, 3.8) is 0 Å². The first-order chi connectivity index (χ1) is 12.7. The number of benzene rings is 1. The van der Waals surface area contributed by atoms with E-state index in [1.165, 1.54) is 0 Å². The summed E-state index contributed by atoms with van der Waals surface area (Å²) in [5, 5.41) is 5.23. The SMILES string of the molecule is CCCC1CC(=O)N(Cc2c(-c3ccccc3)nn3cc(Cl)cnc23)C1. The average Bonchev–Trinajstić information content (AvgIpc) is 3.16. The van der Waals surface area contributed by atoms with E-state index >= 15 is 0 Å². The van der Waals surface area contributed by atoms with E-state index in [2.05, 4.69) is 11.9 Å². The van der Waals surface area contributed by atoms with Gasteiger partial charge in [-0.3, -0.25) is 4.79 Å². The average molecular weight is 369 g/mol. The fourth-order valence-corrected chi connectivity index (χ4v) is 3.87. The maximum atomic E-state index is 12.5. The number of likely N-dealkylation sites (tertiary alicyclic amines) is 1. The lowest BCUT2D eigenvalue weighted by Crippen LogP contribution is -2.25. The highest BCUT2D eigenvalue weighted by atomic mass is 35.5. The van der Waals surface area contributed by atoms with E-state index in [4.69, 9.17) is 16.7 Å². The van der Waals surface area contributed by atoms with Gasteiger partial charge in [0, 0.05) is 30.3 Å². The van der Waals surface area contributed by atoms with E-state index in [9.17, 15) is 4.79 Å². The fourth-order valence-electron chi connectivity index (χ4n) is 3.73. The standard InChI is InChI=1S/C20H21ClN4O/c1-2-6-14-9-18(26)24(11-14)13-17-19(15-7-4-3-5-8-15)23-25-12-16(21)10-22-20(17)25/h3-5,7-8,10,12,14H,2,6,9,11,13H2,1H3. The maximum Gasteiger partial charge on any atom is 0.223 e. The molecule has 26 heavy (non-hydrogen) atoms. The Balaban J connectivity index is 1.74. The first kappa shape index (κ1) is 17.0. The van der Waals surface area contributed by atoms with Gasteiger partial charge in [-0.1, -0.05) is 55.3 Å². The van der Waals surface area contributed by atoms with Crippen LogP contribution in [0, 0.1) is 5.92 Å². The molecule has 5 nitrogen and oxygen atoms in total. The Morgan fingerprint density at radius 1 is 1.27 bits per heavy atom. The zero-order chi connectivity index (χ0) is 18.1. The van der Waals surface area contributed by atoms with Crippen molar-refractivity contribution in [2.24, 2.45) is 5.92 Å². The molecular formula is C20H21ClN4O. The lowest BCUT2D eigenvalue weighted by Gasteiger charge is -2.16. The van der Waals surface area contributed by atoms with Crippen molar-refractivity contribution >= 4 is 23.2 Å². The van der Waals surface area contributed by atoms with Crippen molar-refractivity contribution in [1.82, 2.24) is 19.5 Å². The Hall–Kier alpha value is -2.40. The van der Waals surface area contributed by atoms with Crippen molar-refractivity contribution in [2.75, 3.05) is 6.54 Å². The van der Waals surface area contributed by atoms with Crippen molar-refractivity contribution in [2.45, 2.75) is 32.7 Å². The monoisotopic (exact) mass is 368 g/mol. The summed E-state index contributed by atoms with van der Waals surface area (Å²) < 4.78 is 1.71. The van der Waals surface area contributed by atoms with E-state index in [1.807, 2.05) is 35.2 Å². The van der Waals surface area contributed by atoms with Crippen LogP contribution in [0.25, 0.3) is 16.9 Å². The van der Waals surface area contributed by atoms with Gasteiger partial charge in [0.15, 0.2) is 5.65 Å². The van der Waals surface area contributed by atoms with E-state index in [0.717, 1.165) is 41.9 Å². The molecule has 6 heteroatoms. The number of fused-ring (bicyclic) bond motifs is 1. The van der Waals surface area contributed by atoms with Gasteiger partial charge in [0.2, 0.25) is 5.91 Å². The van der Waals surface area contributed by atoms with Gasteiger partial charge in [-0.05, 0) is 12.3 Å². The maximum absolute atomic E-state index is 12.5. The molecule has 0 saturated carbocycles. The Kier molecular flexibility index (Phi) is 4.64. The predicted octanol–water partition coefficient (Wildman–Crippen LogP) is 4.20. The predicted molar refractivity (Wildman–Crippen MR) is 102 cm³/mol. The Bertz CT molecular complexity index is 938. The van der Waals surface area contributed by atoms with Crippen LogP contribution in [-0.2, 0) is 11.3 Å². The normalized spacial score (nSPS) is 17.4. The first-order valence-electron chi connectivity index (χ1n) is 9.01. The van der Waals surface area contributed by atoms with E-state index in [0.29, 0.717) is 23.9 Å². The molecule has 2 aromatic heterocycles. The number of halogens is 1. The molecule has 0 aliphatic carbocycles. The lowest BCUT2D eigenvalue weighted by molar-refractivity contribution is -0.128. The molecule has 4 rings (SSSR count). The van der Waals surface area contributed by atoms with E-state index < -0.39 is 0 Å². The minimum atomic E-state index is 0.218. The molecule has 1 amide bonds. The van der Waals surface area contributed by atoms with E-state index in [1.54, 1.807) is 16.9 Å². The molecule has 0 bridgehead atoms. The second-order valence-electron chi connectivity index (χ2n) is 6.87. The molecule has 1 atom stereocenters. The fraction of sp³-hybridized carbons (Fsp3) is 0.350. The van der Waals surface area contributed by atoms with Crippen LogP contribution in [-0.4, -0.2) is 31.9 Å². The highest BCUT2D eigenvalue weighted by Crippen LogP contribution is 2.30. The van der Waals surface area contributed by atoms with Crippen LogP contribution < -0.4 is 0 Å². The van der Waals surface area contributed by atoms with Crippen molar-refractivity contribution in [3.05, 3.63) is 53.3 Å². The van der Waals surface area contributed by atoms with Gasteiger partial charge < -0.3 is 4.90 Å². The number of aromatic nitrogens is 3. The largest absolute Gasteiger partial charge is 0.338 e. The van der Waals surface area contributed by atoms with Gasteiger partial charge >= 0.3 is 0 Å². The highest BCUT2D eigenvalue weighted by molar-refractivity contribution is 6.30. The minimum Gasteiger partial charge on any atom is -0.338 e. The molecule has 3 heterocycles. The van der Waals surface area contributed by atoms with Crippen molar-refractivity contribution in [1.29, 1.82) is 0 Å². The zero-order valence-electron chi connectivity index (χ0n) is 14.7. The third kappa shape index (κ3) is 3.19. The highest BCUT2D eigenvalue weighted by Gasteiger charge is 2.30. The number of nitrogens with zero attached hydrogens (tertiary/aromatic N) is 4. The lowest BCUT2D eigenvalue weighted by atomic mass is 10.0. The minimum absolute atomic E-state index is 0.218. The van der Waals surface area contributed by atoms with Crippen LogP contribution in [0.5, 0.6) is 0 Å². The molecule has 3 aromatic rings. The summed E-state index contributed by atoms with van der Waals surface area (Å²) in [6, 6.07) is 10.0. The molecule has 0 N–H and O–H groups in total. The van der Waals surface area contributed by atoms with Crippen molar-refractivity contribution in [3.8, 4) is 11.3 Å². The number of amides is 1. The zero-order valence-corrected chi connectivity index (χ0v) is 15.5. The van der Waals surface area contributed by atoms with Gasteiger partial charge in [-0.2, -0.15) is 5.10 Å². The van der Waals surface area contributed by atoms with Gasteiger partial charge in [-0.15, -0.1) is 0 Å². The molecule has 1 aromatic carbocycles. The summed E-state index contributed by atoms with van der Waals surface area (Å²) in [4.78, 5) is 18.9. The number of rotatable bonds is 5. The summed E-state index contributed by atoms with van der Waals surface area (Å²) >= 11 is 6.09. The van der Waals surface area contributed by atoms with Gasteiger partial charge in [0.1, 0.15) is 5.69 Å². The van der Waals surface area contributed by atoms with Crippen LogP contribution >= 0.6 is 11.6 Å². The smallest absolute Gasteiger partial charge is 0.223 e. The molecule has 0 radical (unpaired) electrons. The molecule has 0 spiro atoms.